The summed E-state index contributed by atoms with van der Waals surface area (Å²) in [5, 5.41) is 0. The molecule has 104 valence electrons. The number of unbranched alkanes of at least 4 members (excludes halogenated alkanes) is 1. The third-order valence-corrected chi connectivity index (χ3v) is 6.80. The Balaban J connectivity index is 0.000000478. The minimum absolute atomic E-state index is 1.16. The molecular weight excluding hydrogens is 216 g/mol. The van der Waals surface area contributed by atoms with Gasteiger partial charge in [0.25, 0.3) is 0 Å². The van der Waals surface area contributed by atoms with Crippen LogP contribution in [-0.4, -0.2) is 0 Å². The van der Waals surface area contributed by atoms with Crippen molar-refractivity contribution in [3.8, 4) is 0 Å². The molecule has 4 saturated carbocycles. The van der Waals surface area contributed by atoms with E-state index in [1.165, 1.54) is 48.3 Å². The lowest BCUT2D eigenvalue weighted by Gasteiger charge is -2.38. The van der Waals surface area contributed by atoms with E-state index in [4.69, 9.17) is 0 Å². The normalized spacial score (nSPS) is 51.2. The highest BCUT2D eigenvalue weighted by atomic mass is 14.7. The van der Waals surface area contributed by atoms with Crippen molar-refractivity contribution in [3.05, 3.63) is 0 Å². The van der Waals surface area contributed by atoms with Crippen molar-refractivity contribution in [2.24, 2.45) is 41.4 Å². The Morgan fingerprint density at radius 2 is 1.56 bits per heavy atom. The van der Waals surface area contributed by atoms with Crippen molar-refractivity contribution in [2.75, 3.05) is 0 Å². The summed E-state index contributed by atoms with van der Waals surface area (Å²) in [6.45, 7) is 6.35. The van der Waals surface area contributed by atoms with Crippen LogP contribution in [0.4, 0.5) is 0 Å². The minimum atomic E-state index is 1.16. The maximum Gasteiger partial charge on any atom is -0.0321 e. The molecule has 4 aliphatic rings. The molecule has 4 fully saturated rings. The van der Waals surface area contributed by atoms with Crippen LogP contribution in [-0.2, 0) is 0 Å². The standard InChI is InChI=1S/C16H26.C2H6/c1-2-3-4-10-7-13-9-14(10)16-12-6-5-11(8-12)15(13)16;1-2/h10-16H,2-9H2,1H3;1-2H3. The molecule has 0 heteroatoms. The average Bonchev–Trinajstić information content (AvgIpc) is 3.15. The van der Waals surface area contributed by atoms with Gasteiger partial charge in [-0.1, -0.05) is 40.0 Å². The fourth-order valence-corrected chi connectivity index (χ4v) is 6.50. The molecular formula is C18H32. The highest BCUT2D eigenvalue weighted by Crippen LogP contribution is 2.69. The Hall–Kier alpha value is 0. The summed E-state index contributed by atoms with van der Waals surface area (Å²) in [5.74, 6) is 8.36. The van der Waals surface area contributed by atoms with Crippen LogP contribution in [0.5, 0.6) is 0 Å². The van der Waals surface area contributed by atoms with E-state index >= 15 is 0 Å². The van der Waals surface area contributed by atoms with E-state index in [9.17, 15) is 0 Å². The third kappa shape index (κ3) is 1.78. The Labute approximate surface area is 114 Å². The molecule has 0 saturated heterocycles. The topological polar surface area (TPSA) is 0 Å². The van der Waals surface area contributed by atoms with E-state index in [0.717, 1.165) is 5.92 Å². The van der Waals surface area contributed by atoms with E-state index in [2.05, 4.69) is 6.92 Å². The molecule has 0 nitrogen and oxygen atoms in total. The first-order valence-electron chi connectivity index (χ1n) is 8.88. The maximum atomic E-state index is 2.35. The largest absolute Gasteiger partial charge is 0.0683 e. The monoisotopic (exact) mass is 248 g/mol. The summed E-state index contributed by atoms with van der Waals surface area (Å²) in [6, 6.07) is 0. The van der Waals surface area contributed by atoms with Crippen LogP contribution in [0.1, 0.15) is 72.1 Å². The van der Waals surface area contributed by atoms with Gasteiger partial charge in [0.05, 0.1) is 0 Å². The zero-order valence-electron chi connectivity index (χ0n) is 12.7. The van der Waals surface area contributed by atoms with Gasteiger partial charge < -0.3 is 0 Å². The van der Waals surface area contributed by atoms with Crippen molar-refractivity contribution >= 4 is 0 Å². The van der Waals surface area contributed by atoms with Gasteiger partial charge in [0, 0.05) is 0 Å². The number of hydrogen-bond donors (Lipinski definition) is 0. The van der Waals surface area contributed by atoms with Gasteiger partial charge in [0.2, 0.25) is 0 Å². The maximum absolute atomic E-state index is 2.35. The molecule has 4 aliphatic carbocycles. The highest BCUT2D eigenvalue weighted by molar-refractivity contribution is 5.10. The quantitative estimate of drug-likeness (QED) is 0.577. The van der Waals surface area contributed by atoms with Gasteiger partial charge in [-0.15, -0.1) is 0 Å². The second-order valence-electron chi connectivity index (χ2n) is 7.29. The fraction of sp³-hybridized carbons (Fsp3) is 1.00. The second-order valence-corrected chi connectivity index (χ2v) is 7.29. The molecule has 4 rings (SSSR count). The highest BCUT2D eigenvalue weighted by Gasteiger charge is 2.61. The Morgan fingerprint density at radius 1 is 0.833 bits per heavy atom. The summed E-state index contributed by atoms with van der Waals surface area (Å²) < 4.78 is 0. The summed E-state index contributed by atoms with van der Waals surface area (Å²) in [7, 11) is 0. The molecule has 0 N–H and O–H groups in total. The van der Waals surface area contributed by atoms with Crippen LogP contribution < -0.4 is 0 Å². The Morgan fingerprint density at radius 3 is 2.28 bits per heavy atom. The van der Waals surface area contributed by atoms with E-state index < -0.39 is 0 Å². The lowest BCUT2D eigenvalue weighted by atomic mass is 9.66. The van der Waals surface area contributed by atoms with Gasteiger partial charge in [-0.05, 0) is 73.5 Å². The zero-order valence-corrected chi connectivity index (χ0v) is 12.7. The first kappa shape index (κ1) is 13.0. The van der Waals surface area contributed by atoms with Gasteiger partial charge in [-0.2, -0.15) is 0 Å². The van der Waals surface area contributed by atoms with Gasteiger partial charge >= 0.3 is 0 Å². The third-order valence-electron chi connectivity index (χ3n) is 6.80. The number of hydrogen-bond acceptors (Lipinski definition) is 0. The van der Waals surface area contributed by atoms with Crippen molar-refractivity contribution in [3.63, 3.8) is 0 Å². The predicted octanol–water partition coefficient (Wildman–Crippen LogP) is 5.52. The lowest BCUT2D eigenvalue weighted by Crippen LogP contribution is -2.32. The van der Waals surface area contributed by atoms with E-state index in [-0.39, 0.29) is 0 Å². The average molecular weight is 248 g/mol. The van der Waals surface area contributed by atoms with Crippen LogP contribution >= 0.6 is 0 Å². The van der Waals surface area contributed by atoms with Crippen molar-refractivity contribution < 1.29 is 0 Å². The second kappa shape index (κ2) is 5.17. The van der Waals surface area contributed by atoms with Crippen LogP contribution in [0.2, 0.25) is 0 Å². The molecule has 7 unspecified atom stereocenters. The smallest absolute Gasteiger partial charge is 0.0321 e. The predicted molar refractivity (Wildman–Crippen MR) is 78.4 cm³/mol. The van der Waals surface area contributed by atoms with Gasteiger partial charge in [0.1, 0.15) is 0 Å². The van der Waals surface area contributed by atoms with Gasteiger partial charge in [-0.3, -0.25) is 0 Å². The lowest BCUT2D eigenvalue weighted by molar-refractivity contribution is 0.0999. The Bertz CT molecular complexity index is 282. The molecule has 4 bridgehead atoms. The van der Waals surface area contributed by atoms with Crippen molar-refractivity contribution in [1.29, 1.82) is 0 Å². The molecule has 0 aromatic heterocycles. The van der Waals surface area contributed by atoms with Crippen LogP contribution in [0, 0.1) is 41.4 Å². The number of rotatable bonds is 3. The van der Waals surface area contributed by atoms with Crippen molar-refractivity contribution in [2.45, 2.75) is 72.1 Å². The molecule has 0 aromatic rings. The van der Waals surface area contributed by atoms with Crippen LogP contribution in [0.15, 0.2) is 0 Å². The summed E-state index contributed by atoms with van der Waals surface area (Å²) in [5.41, 5.74) is 0. The molecule has 0 radical (unpaired) electrons. The molecule has 7 atom stereocenters. The molecule has 0 aliphatic heterocycles. The summed E-state index contributed by atoms with van der Waals surface area (Å²) in [6.07, 6.45) is 12.6. The summed E-state index contributed by atoms with van der Waals surface area (Å²) in [4.78, 5) is 0. The van der Waals surface area contributed by atoms with Crippen LogP contribution in [0.25, 0.3) is 0 Å². The van der Waals surface area contributed by atoms with Gasteiger partial charge in [-0.25, -0.2) is 0 Å². The Kier molecular flexibility index (Phi) is 3.74. The van der Waals surface area contributed by atoms with Gasteiger partial charge in [0.15, 0.2) is 0 Å². The molecule has 18 heavy (non-hydrogen) atoms. The molecule has 0 spiro atoms. The van der Waals surface area contributed by atoms with E-state index in [1.807, 2.05) is 13.8 Å². The van der Waals surface area contributed by atoms with Crippen LogP contribution in [0.3, 0.4) is 0 Å². The van der Waals surface area contributed by atoms with E-state index in [1.54, 1.807) is 38.5 Å². The first-order chi connectivity index (χ1) is 8.88. The first-order valence-corrected chi connectivity index (χ1v) is 8.88. The SMILES string of the molecule is CC.CCCCC1CC2CC1C1C3CCC(C3)C21. The molecule has 0 aromatic carbocycles. The minimum Gasteiger partial charge on any atom is -0.0683 e. The van der Waals surface area contributed by atoms with Crippen molar-refractivity contribution in [1.82, 2.24) is 0 Å². The summed E-state index contributed by atoms with van der Waals surface area (Å²) >= 11 is 0. The number of fused-ring (bicyclic) bond motifs is 9. The molecule has 0 heterocycles. The zero-order chi connectivity index (χ0) is 12.7. The van der Waals surface area contributed by atoms with E-state index in [0.29, 0.717) is 0 Å². The fourth-order valence-electron chi connectivity index (χ4n) is 6.50. The molecule has 0 amide bonds.